The summed E-state index contributed by atoms with van der Waals surface area (Å²) in [6.07, 6.45) is 4.18. The molecular weight excluding hydrogens is 126 g/mol. The van der Waals surface area contributed by atoms with Crippen molar-refractivity contribution < 1.29 is 0 Å². The van der Waals surface area contributed by atoms with E-state index in [1.807, 2.05) is 13.2 Å². The lowest BCUT2D eigenvalue weighted by atomic mass is 10.2. The van der Waals surface area contributed by atoms with Crippen molar-refractivity contribution in [1.29, 1.82) is 5.41 Å². The monoisotopic (exact) mass is 137 g/mol. The van der Waals surface area contributed by atoms with Crippen LogP contribution in [0.25, 0.3) is 0 Å². The molecule has 0 aliphatic rings. The van der Waals surface area contributed by atoms with Crippen LogP contribution in [0, 0.1) is 5.41 Å². The van der Waals surface area contributed by atoms with Crippen LogP contribution in [0.2, 0.25) is 0 Å². The molecule has 10 heavy (non-hydrogen) atoms. The molecule has 0 atom stereocenters. The van der Waals surface area contributed by atoms with Crippen LogP contribution in [-0.4, -0.2) is 16.0 Å². The molecule has 3 heteroatoms. The number of hydrogen-bond donors (Lipinski definition) is 1. The van der Waals surface area contributed by atoms with Gasteiger partial charge >= 0.3 is 0 Å². The van der Waals surface area contributed by atoms with Gasteiger partial charge in [-0.3, -0.25) is 4.68 Å². The van der Waals surface area contributed by atoms with Gasteiger partial charge in [0.25, 0.3) is 0 Å². The summed E-state index contributed by atoms with van der Waals surface area (Å²) in [6.45, 7) is 2.06. The van der Waals surface area contributed by atoms with Crippen molar-refractivity contribution in [3.05, 3.63) is 17.5 Å². The van der Waals surface area contributed by atoms with Crippen molar-refractivity contribution in [2.45, 2.75) is 13.3 Å². The van der Waals surface area contributed by atoms with E-state index in [1.165, 1.54) is 6.21 Å². The Morgan fingerprint density at radius 2 is 2.50 bits per heavy atom. The van der Waals surface area contributed by atoms with E-state index >= 15 is 0 Å². The summed E-state index contributed by atoms with van der Waals surface area (Å²) >= 11 is 0. The molecule has 0 saturated heterocycles. The molecule has 1 heterocycles. The summed E-state index contributed by atoms with van der Waals surface area (Å²) in [7, 11) is 1.87. The number of nitrogens with zero attached hydrogens (tertiary/aromatic N) is 2. The molecule has 54 valence electrons. The number of hydrogen-bond acceptors (Lipinski definition) is 2. The van der Waals surface area contributed by atoms with Crippen LogP contribution in [0.1, 0.15) is 18.2 Å². The molecule has 0 fully saturated rings. The summed E-state index contributed by atoms with van der Waals surface area (Å²) in [5.74, 6) is 0. The van der Waals surface area contributed by atoms with Gasteiger partial charge in [-0.25, -0.2) is 0 Å². The van der Waals surface area contributed by atoms with Crippen molar-refractivity contribution in [2.24, 2.45) is 7.05 Å². The van der Waals surface area contributed by atoms with Gasteiger partial charge in [0.05, 0.1) is 0 Å². The highest BCUT2D eigenvalue weighted by Crippen LogP contribution is 2.03. The Kier molecular flexibility index (Phi) is 1.85. The highest BCUT2D eigenvalue weighted by molar-refractivity contribution is 5.76. The van der Waals surface area contributed by atoms with Gasteiger partial charge in [-0.05, 0) is 12.0 Å². The molecule has 1 N–H and O–H groups in total. The van der Waals surface area contributed by atoms with E-state index in [0.29, 0.717) is 0 Å². The largest absolute Gasteiger partial charge is 0.306 e. The van der Waals surface area contributed by atoms with Gasteiger partial charge in [-0.1, -0.05) is 6.92 Å². The fourth-order valence-electron chi connectivity index (χ4n) is 0.949. The Hall–Kier alpha value is -1.12. The van der Waals surface area contributed by atoms with Crippen LogP contribution in [0.4, 0.5) is 0 Å². The molecule has 0 saturated carbocycles. The lowest BCUT2D eigenvalue weighted by Crippen LogP contribution is -1.89. The maximum absolute atomic E-state index is 7.00. The molecule has 0 aliphatic heterocycles. The molecule has 0 amide bonds. The SMILES string of the molecule is CCc1cn(C)nc1C=N. The first-order valence-corrected chi connectivity index (χ1v) is 3.31. The van der Waals surface area contributed by atoms with Gasteiger partial charge in [0, 0.05) is 19.5 Å². The Bertz CT molecular complexity index is 237. The molecule has 0 aliphatic carbocycles. The number of nitrogens with one attached hydrogen (secondary N) is 1. The van der Waals surface area contributed by atoms with Crippen molar-refractivity contribution >= 4 is 6.21 Å². The van der Waals surface area contributed by atoms with Gasteiger partial charge in [-0.15, -0.1) is 0 Å². The van der Waals surface area contributed by atoms with Crippen LogP contribution in [0.3, 0.4) is 0 Å². The molecule has 1 aromatic heterocycles. The average molecular weight is 137 g/mol. The first-order chi connectivity index (χ1) is 4.77. The fraction of sp³-hybridized carbons (Fsp3) is 0.429. The topological polar surface area (TPSA) is 41.7 Å². The van der Waals surface area contributed by atoms with Crippen molar-refractivity contribution in [3.63, 3.8) is 0 Å². The Balaban J connectivity index is 3.08. The van der Waals surface area contributed by atoms with Crippen LogP contribution in [0.5, 0.6) is 0 Å². The lowest BCUT2D eigenvalue weighted by Gasteiger charge is -1.86. The zero-order valence-corrected chi connectivity index (χ0v) is 6.26. The molecule has 1 rings (SSSR count). The van der Waals surface area contributed by atoms with E-state index in [2.05, 4.69) is 12.0 Å². The minimum Gasteiger partial charge on any atom is -0.306 e. The highest BCUT2D eigenvalue weighted by atomic mass is 15.2. The second kappa shape index (κ2) is 2.64. The lowest BCUT2D eigenvalue weighted by molar-refractivity contribution is 0.765. The third-order valence-corrected chi connectivity index (χ3v) is 1.45. The van der Waals surface area contributed by atoms with E-state index in [-0.39, 0.29) is 0 Å². The van der Waals surface area contributed by atoms with Crippen LogP contribution in [0.15, 0.2) is 6.20 Å². The quantitative estimate of drug-likeness (QED) is 0.606. The molecule has 0 bridgehead atoms. The van der Waals surface area contributed by atoms with Crippen molar-refractivity contribution in [1.82, 2.24) is 9.78 Å². The van der Waals surface area contributed by atoms with Gasteiger partial charge in [0.2, 0.25) is 0 Å². The highest BCUT2D eigenvalue weighted by Gasteiger charge is 2.00. The Labute approximate surface area is 60.2 Å². The van der Waals surface area contributed by atoms with Gasteiger partial charge in [0.15, 0.2) is 0 Å². The van der Waals surface area contributed by atoms with E-state index in [0.717, 1.165) is 17.7 Å². The van der Waals surface area contributed by atoms with E-state index in [9.17, 15) is 0 Å². The van der Waals surface area contributed by atoms with E-state index < -0.39 is 0 Å². The third kappa shape index (κ3) is 1.07. The molecule has 0 radical (unpaired) electrons. The standard InChI is InChI=1S/C7H11N3/c1-3-6-5-10(2)9-7(6)4-8/h4-5,8H,3H2,1-2H3. The first-order valence-electron chi connectivity index (χ1n) is 3.31. The zero-order valence-electron chi connectivity index (χ0n) is 6.26. The summed E-state index contributed by atoms with van der Waals surface area (Å²) < 4.78 is 1.74. The van der Waals surface area contributed by atoms with Gasteiger partial charge in [0.1, 0.15) is 5.69 Å². The summed E-state index contributed by atoms with van der Waals surface area (Å²) in [6, 6.07) is 0. The average Bonchev–Trinajstić information content (AvgIpc) is 2.30. The predicted octanol–water partition coefficient (Wildman–Crippen LogP) is 0.980. The first kappa shape index (κ1) is 6.99. The van der Waals surface area contributed by atoms with Gasteiger partial charge in [-0.2, -0.15) is 5.10 Å². The maximum atomic E-state index is 7.00. The fourth-order valence-corrected chi connectivity index (χ4v) is 0.949. The molecule has 1 aromatic rings. The van der Waals surface area contributed by atoms with Crippen LogP contribution >= 0.6 is 0 Å². The van der Waals surface area contributed by atoms with E-state index in [1.54, 1.807) is 4.68 Å². The van der Waals surface area contributed by atoms with Gasteiger partial charge < -0.3 is 5.41 Å². The summed E-state index contributed by atoms with van der Waals surface area (Å²) in [4.78, 5) is 0. The molecule has 0 unspecified atom stereocenters. The second-order valence-electron chi connectivity index (χ2n) is 2.21. The smallest absolute Gasteiger partial charge is 0.106 e. The summed E-state index contributed by atoms with van der Waals surface area (Å²) in [5.41, 5.74) is 1.92. The predicted molar refractivity (Wildman–Crippen MR) is 40.5 cm³/mol. The molecular formula is C7H11N3. The van der Waals surface area contributed by atoms with Crippen LogP contribution < -0.4 is 0 Å². The minimum absolute atomic E-state index is 0.782. The van der Waals surface area contributed by atoms with E-state index in [4.69, 9.17) is 5.41 Å². The summed E-state index contributed by atoms with van der Waals surface area (Å²) in [5, 5.41) is 11.1. The second-order valence-corrected chi connectivity index (χ2v) is 2.21. The minimum atomic E-state index is 0.782. The van der Waals surface area contributed by atoms with Crippen molar-refractivity contribution in [2.75, 3.05) is 0 Å². The molecule has 0 spiro atoms. The number of aromatic nitrogens is 2. The molecule has 3 nitrogen and oxygen atoms in total. The van der Waals surface area contributed by atoms with Crippen LogP contribution in [-0.2, 0) is 13.5 Å². The Morgan fingerprint density at radius 3 is 2.90 bits per heavy atom. The normalized spacial score (nSPS) is 9.80. The third-order valence-electron chi connectivity index (χ3n) is 1.45. The zero-order chi connectivity index (χ0) is 7.56. The maximum Gasteiger partial charge on any atom is 0.106 e. The number of aryl methyl sites for hydroxylation is 2. The Morgan fingerprint density at radius 1 is 1.80 bits per heavy atom. The van der Waals surface area contributed by atoms with Crippen molar-refractivity contribution in [3.8, 4) is 0 Å². The molecule has 0 aromatic carbocycles. The number of rotatable bonds is 2.